The number of rotatable bonds is 4. The van der Waals surface area contributed by atoms with Crippen molar-refractivity contribution in [3.05, 3.63) is 23.3 Å². The number of ether oxygens (including phenoxy) is 2. The number of carbonyl (C=O) groups excluding carboxylic acids is 4. The van der Waals surface area contributed by atoms with Crippen molar-refractivity contribution in [2.45, 2.75) is 78.2 Å². The Morgan fingerprint density at radius 2 is 1.81 bits per heavy atom. The van der Waals surface area contributed by atoms with Crippen LogP contribution in [0.1, 0.15) is 72.6 Å². The monoisotopic (exact) mass is 428 g/mol. The van der Waals surface area contributed by atoms with Gasteiger partial charge in [0.2, 0.25) is 5.78 Å². The summed E-state index contributed by atoms with van der Waals surface area (Å²) in [6.45, 7) is 6.54. The molecule has 0 radical (unpaired) electrons. The number of allylic oxidation sites excluding steroid dienone is 4. The summed E-state index contributed by atoms with van der Waals surface area (Å²) in [6, 6.07) is 0. The molecule has 0 aromatic heterocycles. The van der Waals surface area contributed by atoms with Crippen LogP contribution in [0.2, 0.25) is 0 Å². The van der Waals surface area contributed by atoms with Gasteiger partial charge in [0.05, 0.1) is 0 Å². The molecule has 0 N–H and O–H groups in total. The lowest BCUT2D eigenvalue weighted by molar-refractivity contribution is -0.184. The number of Topliss-reactive ketones (excluding diaryl/α,β-unsaturated/α-hetero) is 1. The fraction of sp³-hybridized carbons (Fsp3) is 0.680. The quantitative estimate of drug-likeness (QED) is 0.499. The van der Waals surface area contributed by atoms with Crippen molar-refractivity contribution in [3.8, 4) is 0 Å². The number of carbonyl (C=O) groups is 4. The van der Waals surface area contributed by atoms with Crippen molar-refractivity contribution in [3.63, 3.8) is 0 Å². The third-order valence-corrected chi connectivity index (χ3v) is 8.63. The number of esters is 2. The van der Waals surface area contributed by atoms with Crippen LogP contribution in [0, 0.1) is 22.7 Å². The Labute approximate surface area is 183 Å². The molecule has 0 aliphatic heterocycles. The molecular weight excluding hydrogens is 396 g/mol. The van der Waals surface area contributed by atoms with Gasteiger partial charge in [-0.2, -0.15) is 0 Å². The number of hydrogen-bond acceptors (Lipinski definition) is 6. The smallest absolute Gasteiger partial charge is 0.303 e. The summed E-state index contributed by atoms with van der Waals surface area (Å²) >= 11 is 0. The fourth-order valence-corrected chi connectivity index (χ4v) is 7.06. The van der Waals surface area contributed by atoms with Crippen LogP contribution in [0.15, 0.2) is 23.3 Å². The standard InChI is InChI=1S/C25H32O6/c1-15(26)30-14-22(29)25(31-16(2)27)12-9-21-19-6-5-17-13-18(28)7-10-23(17,3)20(19)8-11-24(21,25)4/h8,13,19,21H,5-7,9-12,14H2,1-4H3/t19-,21+,23+,24+,25-/m1/s1. The van der Waals surface area contributed by atoms with Crippen molar-refractivity contribution in [2.24, 2.45) is 22.7 Å². The SMILES string of the molecule is CC(=O)OCC(=O)[C@]1(OC(C)=O)CC[C@H]2[C@@H]3CCC4=CC(=O)CC[C@]4(C)C3=CC[C@@]21C. The van der Waals surface area contributed by atoms with E-state index in [4.69, 9.17) is 9.47 Å². The summed E-state index contributed by atoms with van der Waals surface area (Å²) < 4.78 is 10.8. The largest absolute Gasteiger partial charge is 0.458 e. The Balaban J connectivity index is 1.73. The molecule has 4 aliphatic carbocycles. The predicted molar refractivity (Wildman–Crippen MR) is 113 cm³/mol. The van der Waals surface area contributed by atoms with Crippen LogP contribution >= 0.6 is 0 Å². The molecule has 0 aromatic carbocycles. The molecule has 6 heteroatoms. The van der Waals surface area contributed by atoms with E-state index < -0.39 is 23.0 Å². The second kappa shape index (κ2) is 7.42. The highest BCUT2D eigenvalue weighted by molar-refractivity contribution is 5.93. The molecular formula is C25H32O6. The molecule has 0 unspecified atom stereocenters. The molecule has 0 heterocycles. The maximum Gasteiger partial charge on any atom is 0.303 e. The molecule has 0 aromatic rings. The summed E-state index contributed by atoms with van der Waals surface area (Å²) in [5, 5.41) is 0. The van der Waals surface area contributed by atoms with Gasteiger partial charge in [-0.25, -0.2) is 0 Å². The minimum atomic E-state index is -1.28. The van der Waals surface area contributed by atoms with E-state index in [2.05, 4.69) is 19.9 Å². The molecule has 0 amide bonds. The van der Waals surface area contributed by atoms with E-state index in [1.807, 2.05) is 6.08 Å². The van der Waals surface area contributed by atoms with Crippen LogP contribution in [0.25, 0.3) is 0 Å². The lowest BCUT2D eigenvalue weighted by atomic mass is 9.50. The van der Waals surface area contributed by atoms with Gasteiger partial charge in [-0.15, -0.1) is 0 Å². The highest BCUT2D eigenvalue weighted by atomic mass is 16.6. The Kier molecular flexibility index (Phi) is 5.26. The van der Waals surface area contributed by atoms with Gasteiger partial charge in [0, 0.05) is 31.1 Å². The normalized spacial score (nSPS) is 38.8. The van der Waals surface area contributed by atoms with E-state index >= 15 is 0 Å². The zero-order valence-corrected chi connectivity index (χ0v) is 18.9. The van der Waals surface area contributed by atoms with Crippen molar-refractivity contribution in [1.29, 1.82) is 0 Å². The van der Waals surface area contributed by atoms with Crippen molar-refractivity contribution >= 4 is 23.5 Å². The Bertz CT molecular complexity index is 913. The first-order valence-corrected chi connectivity index (χ1v) is 11.3. The highest BCUT2D eigenvalue weighted by Gasteiger charge is 2.67. The van der Waals surface area contributed by atoms with Gasteiger partial charge in [0.25, 0.3) is 0 Å². The molecule has 4 rings (SSSR count). The molecule has 4 aliphatic rings. The molecule has 2 fully saturated rings. The highest BCUT2D eigenvalue weighted by Crippen LogP contribution is 2.66. The van der Waals surface area contributed by atoms with Gasteiger partial charge in [0.1, 0.15) is 0 Å². The van der Waals surface area contributed by atoms with E-state index in [9.17, 15) is 19.2 Å². The lowest BCUT2D eigenvalue weighted by Gasteiger charge is -2.55. The van der Waals surface area contributed by atoms with Crippen LogP contribution in [-0.4, -0.2) is 35.7 Å². The fourth-order valence-electron chi connectivity index (χ4n) is 7.06. The second-order valence-corrected chi connectivity index (χ2v) is 10.2. The minimum Gasteiger partial charge on any atom is -0.458 e. The first kappa shape index (κ1) is 22.0. The summed E-state index contributed by atoms with van der Waals surface area (Å²) in [6.07, 6.45) is 9.21. The molecule has 168 valence electrons. The van der Waals surface area contributed by atoms with Crippen LogP contribution in [0.3, 0.4) is 0 Å². The Hall–Kier alpha value is -2.24. The van der Waals surface area contributed by atoms with Crippen LogP contribution in [0.5, 0.6) is 0 Å². The Morgan fingerprint density at radius 3 is 2.48 bits per heavy atom. The first-order valence-electron chi connectivity index (χ1n) is 11.3. The molecule has 5 atom stereocenters. The minimum absolute atomic E-state index is 0.0907. The summed E-state index contributed by atoms with van der Waals surface area (Å²) in [7, 11) is 0. The predicted octanol–water partition coefficient (Wildman–Crippen LogP) is 3.87. The summed E-state index contributed by atoms with van der Waals surface area (Å²) in [5.74, 6) is -0.622. The molecule has 0 bridgehead atoms. The topological polar surface area (TPSA) is 86.7 Å². The zero-order valence-electron chi connectivity index (χ0n) is 18.9. The average molecular weight is 429 g/mol. The number of ketones is 2. The van der Waals surface area contributed by atoms with Crippen LogP contribution in [0.4, 0.5) is 0 Å². The summed E-state index contributed by atoms with van der Waals surface area (Å²) in [5.41, 5.74) is 0.718. The van der Waals surface area contributed by atoms with Gasteiger partial charge in [-0.3, -0.25) is 19.2 Å². The third-order valence-electron chi connectivity index (χ3n) is 8.63. The van der Waals surface area contributed by atoms with Crippen molar-refractivity contribution in [1.82, 2.24) is 0 Å². The molecule has 6 nitrogen and oxygen atoms in total. The van der Waals surface area contributed by atoms with E-state index in [1.165, 1.54) is 25.0 Å². The van der Waals surface area contributed by atoms with E-state index in [0.29, 0.717) is 25.2 Å². The van der Waals surface area contributed by atoms with Crippen LogP contribution < -0.4 is 0 Å². The van der Waals surface area contributed by atoms with Crippen LogP contribution in [-0.2, 0) is 28.7 Å². The second-order valence-electron chi connectivity index (χ2n) is 10.2. The molecule has 31 heavy (non-hydrogen) atoms. The van der Waals surface area contributed by atoms with E-state index in [-0.39, 0.29) is 29.5 Å². The third kappa shape index (κ3) is 3.21. The van der Waals surface area contributed by atoms with Gasteiger partial charge >= 0.3 is 11.9 Å². The van der Waals surface area contributed by atoms with Gasteiger partial charge in [-0.1, -0.05) is 31.1 Å². The first-order chi connectivity index (χ1) is 14.5. The average Bonchev–Trinajstić information content (AvgIpc) is 2.99. The van der Waals surface area contributed by atoms with E-state index in [0.717, 1.165) is 25.7 Å². The summed E-state index contributed by atoms with van der Waals surface area (Å²) in [4.78, 5) is 48.7. The van der Waals surface area contributed by atoms with Gasteiger partial charge in [0.15, 0.2) is 18.0 Å². The van der Waals surface area contributed by atoms with Gasteiger partial charge in [-0.05, 0) is 56.4 Å². The molecule has 0 saturated heterocycles. The maximum absolute atomic E-state index is 13.3. The van der Waals surface area contributed by atoms with Crippen molar-refractivity contribution < 1.29 is 28.7 Å². The lowest BCUT2D eigenvalue weighted by Crippen LogP contribution is -2.57. The molecule has 0 spiro atoms. The molecule has 2 saturated carbocycles. The van der Waals surface area contributed by atoms with Crippen molar-refractivity contribution in [2.75, 3.05) is 6.61 Å². The number of hydrogen-bond donors (Lipinski definition) is 0. The number of fused-ring (bicyclic) bond motifs is 5. The Morgan fingerprint density at radius 1 is 1.06 bits per heavy atom. The van der Waals surface area contributed by atoms with Gasteiger partial charge < -0.3 is 9.47 Å². The van der Waals surface area contributed by atoms with E-state index in [1.54, 1.807) is 0 Å². The zero-order chi connectivity index (χ0) is 22.6. The maximum atomic E-state index is 13.3.